The molecule has 0 aromatic heterocycles. The lowest BCUT2D eigenvalue weighted by Crippen LogP contribution is -2.37. The smallest absolute Gasteiger partial charge is 0.309 e. The summed E-state index contributed by atoms with van der Waals surface area (Å²) < 4.78 is 10.0. The lowest BCUT2D eigenvalue weighted by atomic mass is 9.75. The molecular formula is C16H18O5. The molecule has 5 nitrogen and oxygen atoms in total. The fourth-order valence-electron chi connectivity index (χ4n) is 2.14. The molecule has 1 saturated carbocycles. The van der Waals surface area contributed by atoms with E-state index in [0.717, 1.165) is 5.56 Å². The van der Waals surface area contributed by atoms with E-state index in [4.69, 9.17) is 9.47 Å². The fourth-order valence-corrected chi connectivity index (χ4v) is 2.14. The molecule has 2 rings (SSSR count). The van der Waals surface area contributed by atoms with E-state index in [1.807, 2.05) is 30.3 Å². The van der Waals surface area contributed by atoms with Crippen LogP contribution in [0.15, 0.2) is 30.3 Å². The van der Waals surface area contributed by atoms with E-state index in [-0.39, 0.29) is 36.8 Å². The zero-order valence-corrected chi connectivity index (χ0v) is 11.9. The van der Waals surface area contributed by atoms with Crippen molar-refractivity contribution in [2.24, 2.45) is 11.8 Å². The highest BCUT2D eigenvalue weighted by Crippen LogP contribution is 2.35. The van der Waals surface area contributed by atoms with Gasteiger partial charge in [0.1, 0.15) is 13.2 Å². The average molecular weight is 290 g/mol. The monoisotopic (exact) mass is 290 g/mol. The Hall–Kier alpha value is -2.17. The molecule has 112 valence electrons. The molecule has 21 heavy (non-hydrogen) atoms. The average Bonchev–Trinajstić information content (AvgIpc) is 2.42. The van der Waals surface area contributed by atoms with Gasteiger partial charge in [0, 0.05) is 0 Å². The van der Waals surface area contributed by atoms with Crippen LogP contribution in [0.5, 0.6) is 0 Å². The van der Waals surface area contributed by atoms with Crippen LogP contribution in [0.3, 0.4) is 0 Å². The van der Waals surface area contributed by atoms with Crippen molar-refractivity contribution in [3.63, 3.8) is 0 Å². The third-order valence-corrected chi connectivity index (χ3v) is 3.45. The first-order valence-corrected chi connectivity index (χ1v) is 6.93. The molecular weight excluding hydrogens is 272 g/mol. The molecule has 0 heterocycles. The van der Waals surface area contributed by atoms with Gasteiger partial charge in [0.05, 0.1) is 11.8 Å². The van der Waals surface area contributed by atoms with Gasteiger partial charge in [0.2, 0.25) is 0 Å². The largest absolute Gasteiger partial charge is 0.461 e. The Morgan fingerprint density at radius 3 is 2.14 bits per heavy atom. The van der Waals surface area contributed by atoms with Gasteiger partial charge in [-0.3, -0.25) is 14.4 Å². The van der Waals surface area contributed by atoms with Crippen molar-refractivity contribution < 1.29 is 23.9 Å². The molecule has 0 atom stereocenters. The molecule has 1 aromatic rings. The molecule has 1 fully saturated rings. The zero-order valence-electron chi connectivity index (χ0n) is 11.9. The van der Waals surface area contributed by atoms with Gasteiger partial charge in [-0.25, -0.2) is 0 Å². The number of carbonyl (C=O) groups is 3. The van der Waals surface area contributed by atoms with Crippen LogP contribution in [0.1, 0.15) is 25.3 Å². The van der Waals surface area contributed by atoms with E-state index in [2.05, 4.69) is 0 Å². The molecule has 0 amide bonds. The summed E-state index contributed by atoms with van der Waals surface area (Å²) in [4.78, 5) is 34.1. The summed E-state index contributed by atoms with van der Waals surface area (Å²) in [5.41, 5.74) is 0.933. The van der Waals surface area contributed by atoms with Crippen molar-refractivity contribution in [1.29, 1.82) is 0 Å². The van der Waals surface area contributed by atoms with Crippen molar-refractivity contribution in [3.05, 3.63) is 35.9 Å². The minimum Gasteiger partial charge on any atom is -0.461 e. The predicted octanol–water partition coefficient (Wildman–Crippen LogP) is 1.89. The van der Waals surface area contributed by atoms with Gasteiger partial charge in [0.25, 0.3) is 0 Å². The quantitative estimate of drug-likeness (QED) is 0.748. The first-order chi connectivity index (χ1) is 10.1. The number of ketones is 1. The van der Waals surface area contributed by atoms with Crippen LogP contribution in [0.25, 0.3) is 0 Å². The van der Waals surface area contributed by atoms with E-state index in [1.165, 1.54) is 6.92 Å². The van der Waals surface area contributed by atoms with E-state index < -0.39 is 5.97 Å². The summed E-state index contributed by atoms with van der Waals surface area (Å²) in [6.45, 7) is 1.41. The summed E-state index contributed by atoms with van der Waals surface area (Å²) in [6, 6.07) is 9.43. The predicted molar refractivity (Wildman–Crippen MR) is 74.1 cm³/mol. The number of Topliss-reactive ketones (excluding diaryl/α,β-unsaturated/α-hetero) is 1. The minimum atomic E-state index is -0.405. The van der Waals surface area contributed by atoms with Gasteiger partial charge in [-0.15, -0.1) is 0 Å². The van der Waals surface area contributed by atoms with Crippen molar-refractivity contribution in [1.82, 2.24) is 0 Å². The number of esters is 2. The van der Waals surface area contributed by atoms with E-state index in [9.17, 15) is 14.4 Å². The minimum absolute atomic E-state index is 0.193. The van der Waals surface area contributed by atoms with Crippen LogP contribution < -0.4 is 0 Å². The fraction of sp³-hybridized carbons (Fsp3) is 0.438. The lowest BCUT2D eigenvalue weighted by molar-refractivity contribution is -0.163. The van der Waals surface area contributed by atoms with E-state index >= 15 is 0 Å². The molecule has 0 aliphatic heterocycles. The number of ether oxygens (including phenoxy) is 2. The number of carbonyl (C=O) groups excluding carboxylic acids is 3. The molecule has 1 aliphatic carbocycles. The van der Waals surface area contributed by atoms with Crippen LogP contribution in [-0.4, -0.2) is 24.3 Å². The maximum absolute atomic E-state index is 11.8. The van der Waals surface area contributed by atoms with Gasteiger partial charge in [0.15, 0.2) is 5.78 Å². The Bertz CT molecular complexity index is 517. The second-order valence-corrected chi connectivity index (χ2v) is 5.27. The van der Waals surface area contributed by atoms with Crippen molar-refractivity contribution in [2.75, 3.05) is 6.61 Å². The molecule has 0 saturated heterocycles. The topological polar surface area (TPSA) is 69.7 Å². The Kier molecular flexibility index (Phi) is 5.09. The number of hydrogen-bond acceptors (Lipinski definition) is 5. The van der Waals surface area contributed by atoms with Gasteiger partial charge in [-0.05, 0) is 25.3 Å². The molecule has 1 aromatic carbocycles. The molecule has 0 spiro atoms. The summed E-state index contributed by atoms with van der Waals surface area (Å²) >= 11 is 0. The molecule has 0 N–H and O–H groups in total. The molecule has 5 heteroatoms. The summed E-state index contributed by atoms with van der Waals surface area (Å²) in [5, 5.41) is 0. The van der Waals surface area contributed by atoms with Gasteiger partial charge in [-0.2, -0.15) is 0 Å². The van der Waals surface area contributed by atoms with Gasteiger partial charge < -0.3 is 9.47 Å². The van der Waals surface area contributed by atoms with Crippen LogP contribution in [-0.2, 0) is 30.5 Å². The summed E-state index contributed by atoms with van der Waals surface area (Å²) in [5.74, 6) is -1.42. The Morgan fingerprint density at radius 2 is 1.57 bits per heavy atom. The van der Waals surface area contributed by atoms with Gasteiger partial charge in [-0.1, -0.05) is 30.3 Å². The van der Waals surface area contributed by atoms with Crippen LogP contribution in [0.2, 0.25) is 0 Å². The highest BCUT2D eigenvalue weighted by atomic mass is 16.5. The van der Waals surface area contributed by atoms with Crippen LogP contribution in [0, 0.1) is 11.8 Å². The maximum atomic E-state index is 11.8. The standard InChI is InChI=1S/C16H18O5/c1-11(17)9-20-15(18)13-7-14(8-13)16(19)21-10-12-5-3-2-4-6-12/h2-6,13-14H,7-10H2,1H3. The summed E-state index contributed by atoms with van der Waals surface area (Å²) in [7, 11) is 0. The number of hydrogen-bond donors (Lipinski definition) is 0. The Labute approximate surface area is 123 Å². The maximum Gasteiger partial charge on any atom is 0.309 e. The first-order valence-electron chi connectivity index (χ1n) is 6.93. The van der Waals surface area contributed by atoms with Crippen LogP contribution in [0.4, 0.5) is 0 Å². The number of benzene rings is 1. The zero-order chi connectivity index (χ0) is 15.2. The third-order valence-electron chi connectivity index (χ3n) is 3.45. The van der Waals surface area contributed by atoms with Crippen molar-refractivity contribution >= 4 is 17.7 Å². The van der Waals surface area contributed by atoms with Gasteiger partial charge >= 0.3 is 11.9 Å². The highest BCUT2D eigenvalue weighted by Gasteiger charge is 2.40. The normalized spacial score (nSPS) is 20.2. The van der Waals surface area contributed by atoms with Crippen LogP contribution >= 0.6 is 0 Å². The third kappa shape index (κ3) is 4.41. The Morgan fingerprint density at radius 1 is 1.00 bits per heavy atom. The van der Waals surface area contributed by atoms with E-state index in [0.29, 0.717) is 12.8 Å². The lowest BCUT2D eigenvalue weighted by Gasteiger charge is -2.31. The molecule has 0 radical (unpaired) electrons. The number of rotatable bonds is 6. The molecule has 0 unspecified atom stereocenters. The second-order valence-electron chi connectivity index (χ2n) is 5.27. The first kappa shape index (κ1) is 15.2. The Balaban J connectivity index is 1.68. The van der Waals surface area contributed by atoms with Crippen molar-refractivity contribution in [3.8, 4) is 0 Å². The second kappa shape index (κ2) is 7.02. The molecule has 0 bridgehead atoms. The van der Waals surface area contributed by atoms with E-state index in [1.54, 1.807) is 0 Å². The molecule has 1 aliphatic rings. The highest BCUT2D eigenvalue weighted by molar-refractivity contribution is 5.83. The van der Waals surface area contributed by atoms with Crippen molar-refractivity contribution in [2.45, 2.75) is 26.4 Å². The SMILES string of the molecule is CC(=O)COC(=O)C1CC(C(=O)OCc2ccccc2)C1. The summed E-state index contributed by atoms with van der Waals surface area (Å²) in [6.07, 6.45) is 0.870.